The third-order valence-electron chi connectivity index (χ3n) is 5.39. The van der Waals surface area contributed by atoms with Crippen LogP contribution in [0, 0.1) is 0 Å². The Hall–Kier alpha value is -1.02. The van der Waals surface area contributed by atoms with Crippen LogP contribution >= 0.6 is 0 Å². The van der Waals surface area contributed by atoms with Crippen molar-refractivity contribution in [2.45, 2.75) is 62.8 Å². The highest BCUT2D eigenvalue weighted by molar-refractivity contribution is 5.21. The Labute approximate surface area is 170 Å². The summed E-state index contributed by atoms with van der Waals surface area (Å²) < 4.78 is 32.9. The SMILES string of the molecule is COC(CCCCCCCC(c1ccccc1)C(OC)(OC)OC)(OC)OC. The van der Waals surface area contributed by atoms with E-state index in [9.17, 15) is 0 Å². The summed E-state index contributed by atoms with van der Waals surface area (Å²) in [7, 11) is 9.67. The summed E-state index contributed by atoms with van der Waals surface area (Å²) in [5.41, 5.74) is 1.15. The van der Waals surface area contributed by atoms with Crippen molar-refractivity contribution in [1.29, 1.82) is 0 Å². The molecule has 0 fully saturated rings. The van der Waals surface area contributed by atoms with Gasteiger partial charge in [-0.25, -0.2) is 0 Å². The fourth-order valence-corrected chi connectivity index (χ4v) is 3.69. The molecule has 0 spiro atoms. The molecule has 0 radical (unpaired) electrons. The summed E-state index contributed by atoms with van der Waals surface area (Å²) in [6.45, 7) is 0. The molecule has 0 aromatic heterocycles. The molecular formula is C22H38O6. The number of rotatable bonds is 16. The highest BCUT2D eigenvalue weighted by atomic mass is 16.9. The third-order valence-corrected chi connectivity index (χ3v) is 5.39. The van der Waals surface area contributed by atoms with Gasteiger partial charge in [-0.2, -0.15) is 0 Å². The maximum atomic E-state index is 5.64. The molecule has 6 nitrogen and oxygen atoms in total. The van der Waals surface area contributed by atoms with Crippen molar-refractivity contribution in [1.82, 2.24) is 0 Å². The molecule has 0 heterocycles. The van der Waals surface area contributed by atoms with Crippen molar-refractivity contribution in [3.05, 3.63) is 35.9 Å². The molecule has 0 saturated carbocycles. The maximum absolute atomic E-state index is 5.64. The molecule has 162 valence electrons. The minimum absolute atomic E-state index is 0.00294. The summed E-state index contributed by atoms with van der Waals surface area (Å²) in [6, 6.07) is 10.3. The van der Waals surface area contributed by atoms with Gasteiger partial charge in [0.25, 0.3) is 11.9 Å². The molecule has 0 saturated heterocycles. The topological polar surface area (TPSA) is 55.4 Å². The molecule has 1 unspecified atom stereocenters. The van der Waals surface area contributed by atoms with Gasteiger partial charge < -0.3 is 28.4 Å². The number of unbranched alkanes of at least 4 members (excludes halogenated alkanes) is 4. The van der Waals surface area contributed by atoms with Crippen LogP contribution in [-0.4, -0.2) is 54.6 Å². The highest BCUT2D eigenvalue weighted by Gasteiger charge is 2.40. The zero-order valence-corrected chi connectivity index (χ0v) is 18.4. The lowest BCUT2D eigenvalue weighted by atomic mass is 9.90. The van der Waals surface area contributed by atoms with E-state index in [1.54, 1.807) is 42.7 Å². The Bertz CT molecular complexity index is 482. The lowest BCUT2D eigenvalue weighted by Crippen LogP contribution is -2.42. The monoisotopic (exact) mass is 398 g/mol. The summed E-state index contributed by atoms with van der Waals surface area (Å²) in [5, 5.41) is 0. The largest absolute Gasteiger partial charge is 0.331 e. The normalized spacial score (nSPS) is 13.6. The molecule has 1 rings (SSSR count). The first-order valence-corrected chi connectivity index (χ1v) is 9.92. The summed E-state index contributed by atoms with van der Waals surface area (Å²) in [6.07, 6.45) is 7.01. The van der Waals surface area contributed by atoms with Crippen molar-refractivity contribution in [3.63, 3.8) is 0 Å². The molecule has 0 amide bonds. The Morgan fingerprint density at radius 1 is 0.643 bits per heavy atom. The van der Waals surface area contributed by atoms with Gasteiger partial charge in [-0.05, 0) is 18.4 Å². The lowest BCUT2D eigenvalue weighted by molar-refractivity contribution is -0.365. The fraction of sp³-hybridized carbons (Fsp3) is 0.727. The van der Waals surface area contributed by atoms with Gasteiger partial charge in [-0.3, -0.25) is 0 Å². The minimum atomic E-state index is -1.07. The second kappa shape index (κ2) is 13.2. The Balaban J connectivity index is 2.52. The Morgan fingerprint density at radius 2 is 1.14 bits per heavy atom. The first-order valence-electron chi connectivity index (χ1n) is 9.92. The van der Waals surface area contributed by atoms with Gasteiger partial charge in [0.2, 0.25) is 0 Å². The van der Waals surface area contributed by atoms with E-state index in [-0.39, 0.29) is 5.92 Å². The number of ether oxygens (including phenoxy) is 6. The predicted molar refractivity (Wildman–Crippen MR) is 109 cm³/mol. The standard InChI is InChI=1S/C22H38O6/c1-23-21(24-2,25-3)18-14-9-7-8-13-17-20(19-15-11-10-12-16-19)22(26-4,27-5)28-6/h10-12,15-16,20H,7-9,13-14,17-18H2,1-6H3. The van der Waals surface area contributed by atoms with E-state index in [2.05, 4.69) is 12.1 Å². The second-order valence-corrected chi connectivity index (χ2v) is 6.78. The molecular weight excluding hydrogens is 360 g/mol. The van der Waals surface area contributed by atoms with E-state index in [4.69, 9.17) is 28.4 Å². The van der Waals surface area contributed by atoms with Gasteiger partial charge in [0.05, 0.1) is 5.92 Å². The van der Waals surface area contributed by atoms with Crippen LogP contribution in [0.5, 0.6) is 0 Å². The minimum Gasteiger partial charge on any atom is -0.331 e. The van der Waals surface area contributed by atoms with Gasteiger partial charge in [-0.15, -0.1) is 0 Å². The zero-order valence-electron chi connectivity index (χ0n) is 18.4. The number of benzene rings is 1. The Morgan fingerprint density at radius 3 is 1.64 bits per heavy atom. The maximum Gasteiger partial charge on any atom is 0.289 e. The summed E-state index contributed by atoms with van der Waals surface area (Å²) in [4.78, 5) is 0. The molecule has 1 aromatic carbocycles. The summed E-state index contributed by atoms with van der Waals surface area (Å²) >= 11 is 0. The third kappa shape index (κ3) is 6.79. The van der Waals surface area contributed by atoms with Gasteiger partial charge >= 0.3 is 0 Å². The Kier molecular flexibility index (Phi) is 11.8. The average molecular weight is 399 g/mol. The van der Waals surface area contributed by atoms with Crippen molar-refractivity contribution < 1.29 is 28.4 Å². The smallest absolute Gasteiger partial charge is 0.289 e. The van der Waals surface area contributed by atoms with E-state index < -0.39 is 11.9 Å². The van der Waals surface area contributed by atoms with Crippen LogP contribution in [-0.2, 0) is 28.4 Å². The predicted octanol–water partition coefficient (Wildman–Crippen LogP) is 4.69. The van der Waals surface area contributed by atoms with Crippen LogP contribution in [0.4, 0.5) is 0 Å². The van der Waals surface area contributed by atoms with Gasteiger partial charge in [0, 0.05) is 49.1 Å². The highest BCUT2D eigenvalue weighted by Crippen LogP contribution is 2.37. The number of methoxy groups -OCH3 is 6. The first-order chi connectivity index (χ1) is 13.6. The quantitative estimate of drug-likeness (QED) is 0.297. The summed E-state index contributed by atoms with van der Waals surface area (Å²) in [5.74, 6) is -2.00. The van der Waals surface area contributed by atoms with E-state index in [0.29, 0.717) is 6.42 Å². The van der Waals surface area contributed by atoms with Crippen molar-refractivity contribution in [3.8, 4) is 0 Å². The molecule has 0 aliphatic rings. The first kappa shape index (κ1) is 25.0. The second-order valence-electron chi connectivity index (χ2n) is 6.78. The lowest BCUT2D eigenvalue weighted by Gasteiger charge is -2.36. The van der Waals surface area contributed by atoms with Crippen molar-refractivity contribution in [2.24, 2.45) is 0 Å². The number of hydrogen-bond donors (Lipinski definition) is 0. The van der Waals surface area contributed by atoms with Crippen LogP contribution < -0.4 is 0 Å². The van der Waals surface area contributed by atoms with Crippen LogP contribution in [0.3, 0.4) is 0 Å². The van der Waals surface area contributed by atoms with Crippen LogP contribution in [0.15, 0.2) is 30.3 Å². The molecule has 1 aromatic rings. The molecule has 28 heavy (non-hydrogen) atoms. The molecule has 0 aliphatic carbocycles. The average Bonchev–Trinajstić information content (AvgIpc) is 2.76. The number of hydrogen-bond acceptors (Lipinski definition) is 6. The van der Waals surface area contributed by atoms with Crippen molar-refractivity contribution >= 4 is 0 Å². The van der Waals surface area contributed by atoms with Crippen molar-refractivity contribution in [2.75, 3.05) is 42.7 Å². The molecule has 1 atom stereocenters. The van der Waals surface area contributed by atoms with E-state index in [1.807, 2.05) is 18.2 Å². The van der Waals surface area contributed by atoms with Crippen LogP contribution in [0.25, 0.3) is 0 Å². The zero-order chi connectivity index (χ0) is 20.9. The van der Waals surface area contributed by atoms with Gasteiger partial charge in [0.1, 0.15) is 0 Å². The van der Waals surface area contributed by atoms with Gasteiger partial charge in [0.15, 0.2) is 0 Å². The van der Waals surface area contributed by atoms with E-state index in [0.717, 1.165) is 44.1 Å². The molecule has 0 aliphatic heterocycles. The van der Waals surface area contributed by atoms with E-state index in [1.165, 1.54) is 0 Å². The van der Waals surface area contributed by atoms with Crippen LogP contribution in [0.2, 0.25) is 0 Å². The fourth-order valence-electron chi connectivity index (χ4n) is 3.69. The van der Waals surface area contributed by atoms with Gasteiger partial charge in [-0.1, -0.05) is 56.0 Å². The van der Waals surface area contributed by atoms with Crippen LogP contribution in [0.1, 0.15) is 56.4 Å². The molecule has 6 heteroatoms. The van der Waals surface area contributed by atoms with E-state index >= 15 is 0 Å². The molecule has 0 bridgehead atoms. The molecule has 0 N–H and O–H groups in total.